The summed E-state index contributed by atoms with van der Waals surface area (Å²) in [5.74, 6) is -3.65. The van der Waals surface area contributed by atoms with Gasteiger partial charge < -0.3 is 10.2 Å². The van der Waals surface area contributed by atoms with Crippen molar-refractivity contribution in [2.24, 2.45) is 0 Å². The Kier molecular flexibility index (Phi) is 33.1. The van der Waals surface area contributed by atoms with Gasteiger partial charge in [0.05, 0.1) is 0 Å². The molecule has 8 nitrogen and oxygen atoms in total. The van der Waals surface area contributed by atoms with Crippen LogP contribution in [0.1, 0.15) is 0 Å². The van der Waals surface area contributed by atoms with Crippen LogP contribution < -0.4 is 0 Å². The molecular weight excluding hydrogens is 292 g/mol. The molecule has 0 heterocycles. The van der Waals surface area contributed by atoms with Crippen molar-refractivity contribution >= 4 is 122 Å². The van der Waals surface area contributed by atoms with E-state index in [4.69, 9.17) is 35.5 Å². The summed E-state index contributed by atoms with van der Waals surface area (Å²) in [6, 6.07) is 0. The van der Waals surface area contributed by atoms with Gasteiger partial charge in [0.2, 0.25) is 0 Å². The Morgan fingerprint density at radius 1 is 0.857 bits per heavy atom. The predicted molar refractivity (Wildman–Crippen MR) is 41.0 cm³/mol. The number of carbonyl (C=O) groups is 2. The van der Waals surface area contributed by atoms with Gasteiger partial charge in [-0.2, -0.15) is 0 Å². The number of carboxylic acids is 2. The van der Waals surface area contributed by atoms with Crippen molar-refractivity contribution in [2.75, 3.05) is 0 Å². The molecule has 0 saturated heterocycles. The molecule has 0 aliphatic carbocycles. The van der Waals surface area contributed by atoms with Gasteiger partial charge in [-0.25, -0.2) is 9.59 Å². The zero-order valence-electron chi connectivity index (χ0n) is 4.76. The Morgan fingerprint density at radius 3 is 0.929 bits per heavy atom. The SMILES string of the molecule is O=C(O)C(=O)O.[KH].[NaH].[NaH].[O]=[Mn](=[O])(=[O])[OH]. The summed E-state index contributed by atoms with van der Waals surface area (Å²) >= 11 is -5.38. The van der Waals surface area contributed by atoms with Crippen LogP contribution in [0.3, 0.4) is 0 Å². The Bertz CT molecular complexity index is 275. The molecule has 0 radical (unpaired) electrons. The summed E-state index contributed by atoms with van der Waals surface area (Å²) in [7, 11) is 0. The summed E-state index contributed by atoms with van der Waals surface area (Å²) in [5.41, 5.74) is 0. The van der Waals surface area contributed by atoms with E-state index in [-0.39, 0.29) is 110 Å². The van der Waals surface area contributed by atoms with Crippen molar-refractivity contribution in [3.8, 4) is 0 Å². The minimum atomic E-state index is -5.38. The second kappa shape index (κ2) is 15.5. The molecule has 0 amide bonds. The first-order chi connectivity index (χ1) is 4.64. The molecule has 0 aliphatic heterocycles. The summed E-state index contributed by atoms with van der Waals surface area (Å²) in [5, 5.41) is 14.8. The Hall–Kier alpha value is 2.46. The average Bonchev–Trinajstić information content (AvgIpc) is 1.59. The molecule has 0 aromatic carbocycles. The fraction of sp³-hybridized carbons (Fsp3) is 0. The average molecular weight is 298 g/mol. The summed E-state index contributed by atoms with van der Waals surface area (Å²) in [4.78, 5) is 18.2. The monoisotopic (exact) mass is 298 g/mol. The molecule has 0 aromatic rings. The molecule has 12 heteroatoms. The number of carboxylic acid groups (broad SMARTS) is 2. The van der Waals surface area contributed by atoms with Crippen LogP contribution in [0.5, 0.6) is 0 Å². The molecular formula is C2H6KMnNa2O8. The first kappa shape index (κ1) is 30.0. The third-order valence-electron chi connectivity index (χ3n) is 0.183. The van der Waals surface area contributed by atoms with E-state index in [1.165, 1.54) is 0 Å². The number of hydrogen-bond donors (Lipinski definition) is 3. The van der Waals surface area contributed by atoms with Gasteiger partial charge in [0, 0.05) is 0 Å². The fourth-order valence-electron chi connectivity index (χ4n) is 0. The number of rotatable bonds is 0. The normalized spacial score (nSPS) is 7.21. The first-order valence-electron chi connectivity index (χ1n) is 1.74. The van der Waals surface area contributed by atoms with Crippen molar-refractivity contribution in [2.45, 2.75) is 0 Å². The van der Waals surface area contributed by atoms with E-state index in [1.54, 1.807) is 0 Å². The maximum atomic E-state index is 9.10. The van der Waals surface area contributed by atoms with Crippen molar-refractivity contribution in [3.63, 3.8) is 0 Å². The topological polar surface area (TPSA) is 146 Å². The Morgan fingerprint density at radius 2 is 0.929 bits per heavy atom. The van der Waals surface area contributed by atoms with Gasteiger partial charge >= 0.3 is 151 Å². The molecule has 0 saturated carbocycles. The van der Waals surface area contributed by atoms with Gasteiger partial charge in [-0.15, -0.1) is 0 Å². The van der Waals surface area contributed by atoms with E-state index in [9.17, 15) is 0 Å². The molecule has 0 spiro atoms. The van der Waals surface area contributed by atoms with Crippen LogP contribution in [0.15, 0.2) is 0 Å². The fourth-order valence-corrected chi connectivity index (χ4v) is 0. The third-order valence-corrected chi connectivity index (χ3v) is 0.183. The molecule has 72 valence electrons. The summed E-state index contributed by atoms with van der Waals surface area (Å²) < 4.78 is 33.1. The van der Waals surface area contributed by atoms with E-state index in [1.807, 2.05) is 0 Å². The maximum absolute atomic E-state index is 9.10. The van der Waals surface area contributed by atoms with Crippen LogP contribution in [0.25, 0.3) is 0 Å². The van der Waals surface area contributed by atoms with Gasteiger partial charge in [-0.1, -0.05) is 0 Å². The van der Waals surface area contributed by atoms with Crippen molar-refractivity contribution in [1.29, 1.82) is 0 Å². The van der Waals surface area contributed by atoms with Crippen molar-refractivity contribution in [3.05, 3.63) is 0 Å². The Balaban J connectivity index is -0.0000000321. The molecule has 0 aliphatic rings. The van der Waals surface area contributed by atoms with Crippen LogP contribution in [-0.4, -0.2) is 137 Å². The van der Waals surface area contributed by atoms with Crippen molar-refractivity contribution < 1.29 is 48.5 Å². The molecule has 0 atom stereocenters. The summed E-state index contributed by atoms with van der Waals surface area (Å²) in [6.07, 6.45) is 0. The van der Waals surface area contributed by atoms with Gasteiger partial charge in [0.25, 0.3) is 0 Å². The molecule has 0 bridgehead atoms. The quantitative estimate of drug-likeness (QED) is 0.306. The second-order valence-corrected chi connectivity index (χ2v) is 2.24. The van der Waals surface area contributed by atoms with Crippen LogP contribution in [0.2, 0.25) is 0 Å². The zero-order chi connectivity index (χ0) is 9.65. The van der Waals surface area contributed by atoms with Gasteiger partial charge in [-0.3, -0.25) is 0 Å². The number of aliphatic carboxylic acids is 2. The van der Waals surface area contributed by atoms with E-state index in [0.717, 1.165) is 0 Å². The van der Waals surface area contributed by atoms with E-state index < -0.39 is 24.9 Å². The molecule has 14 heavy (non-hydrogen) atoms. The summed E-state index contributed by atoms with van der Waals surface area (Å²) in [6.45, 7) is 0. The molecule has 3 N–H and O–H groups in total. The van der Waals surface area contributed by atoms with Gasteiger partial charge in [-0.05, 0) is 0 Å². The third kappa shape index (κ3) is 62.8. The molecule has 0 rings (SSSR count). The molecule has 0 fully saturated rings. The van der Waals surface area contributed by atoms with Gasteiger partial charge in [0.15, 0.2) is 0 Å². The van der Waals surface area contributed by atoms with E-state index in [0.29, 0.717) is 0 Å². The van der Waals surface area contributed by atoms with Gasteiger partial charge in [0.1, 0.15) is 0 Å². The van der Waals surface area contributed by atoms with Crippen LogP contribution in [0, 0.1) is 0 Å². The molecule has 0 unspecified atom stereocenters. The standard InChI is InChI=1S/C2H2O4.K.Mn.2Na.H2O.3O.3H/c3-1(4)2(5)6;;;;;;;;;;;/h(H,3,4)(H,5,6);;;;;1H2;;;;;;/q;;+1;;;;;;;;;/p-1. The first-order valence-corrected chi connectivity index (χ1v) is 3.71. The van der Waals surface area contributed by atoms with Crippen molar-refractivity contribution in [1.82, 2.24) is 0 Å². The zero-order valence-corrected chi connectivity index (χ0v) is 5.94. The minimum absolute atomic E-state index is 0. The van der Waals surface area contributed by atoms with Crippen LogP contribution >= 0.6 is 0 Å². The molecule has 0 aromatic heterocycles. The second-order valence-electron chi connectivity index (χ2n) is 1.01. The van der Waals surface area contributed by atoms with E-state index >= 15 is 0 Å². The van der Waals surface area contributed by atoms with E-state index in [2.05, 4.69) is 0 Å². The Labute approximate surface area is 167 Å². The number of hydrogen-bond acceptors (Lipinski definition) is 5. The predicted octanol–water partition coefficient (Wildman–Crippen LogP) is -3.71. The van der Waals surface area contributed by atoms with Crippen LogP contribution in [0.4, 0.5) is 0 Å². The van der Waals surface area contributed by atoms with Crippen LogP contribution in [-0.2, 0) is 34.1 Å².